The molecule has 0 aliphatic heterocycles. The molecule has 0 saturated carbocycles. The van der Waals surface area contributed by atoms with Gasteiger partial charge in [0, 0.05) is 17.7 Å². The summed E-state index contributed by atoms with van der Waals surface area (Å²) < 4.78 is 1.24. The lowest BCUT2D eigenvalue weighted by atomic mass is 10.3. The van der Waals surface area contributed by atoms with E-state index in [9.17, 15) is 4.79 Å². The van der Waals surface area contributed by atoms with Gasteiger partial charge in [-0.05, 0) is 37.9 Å². The molecule has 0 saturated heterocycles. The van der Waals surface area contributed by atoms with E-state index < -0.39 is 0 Å². The van der Waals surface area contributed by atoms with Gasteiger partial charge < -0.3 is 0 Å². The molecule has 1 rings (SSSR count). The summed E-state index contributed by atoms with van der Waals surface area (Å²) in [6, 6.07) is 1.68. The minimum atomic E-state index is -0.256. The fourth-order valence-corrected chi connectivity index (χ4v) is 1.54. The molecular weight excluding hydrogens is 316 g/mol. The zero-order valence-corrected chi connectivity index (χ0v) is 10.8. The molecule has 6 heteroatoms. The molecule has 1 aromatic heterocycles. The van der Waals surface area contributed by atoms with E-state index in [1.54, 1.807) is 12.3 Å². The standard InChI is InChI=1S/C8H8Br2N2O2/c1-12(14-2)8(13)6-3-5(9)4-11-7(6)10/h3-4H,1-2H3. The average molecular weight is 324 g/mol. The summed E-state index contributed by atoms with van der Waals surface area (Å²) in [7, 11) is 2.97. The Labute approximate surface area is 98.5 Å². The Hall–Kier alpha value is -0.460. The van der Waals surface area contributed by atoms with Gasteiger partial charge in [0.25, 0.3) is 5.91 Å². The average Bonchev–Trinajstić information content (AvgIpc) is 2.19. The van der Waals surface area contributed by atoms with Gasteiger partial charge in [0.05, 0.1) is 12.7 Å². The van der Waals surface area contributed by atoms with Crippen LogP contribution in [0.2, 0.25) is 0 Å². The van der Waals surface area contributed by atoms with Crippen molar-refractivity contribution in [2.75, 3.05) is 14.2 Å². The maximum Gasteiger partial charge on any atom is 0.279 e. The van der Waals surface area contributed by atoms with Gasteiger partial charge in [-0.2, -0.15) is 0 Å². The second kappa shape index (κ2) is 4.86. The van der Waals surface area contributed by atoms with Crippen LogP contribution in [0.3, 0.4) is 0 Å². The molecular formula is C8H8Br2N2O2. The van der Waals surface area contributed by atoms with Crippen LogP contribution in [0.25, 0.3) is 0 Å². The summed E-state index contributed by atoms with van der Waals surface area (Å²) in [6.07, 6.45) is 1.60. The number of hydrogen-bond donors (Lipinski definition) is 0. The lowest BCUT2D eigenvalue weighted by molar-refractivity contribution is -0.0757. The van der Waals surface area contributed by atoms with E-state index in [0.717, 1.165) is 9.54 Å². The van der Waals surface area contributed by atoms with Crippen LogP contribution >= 0.6 is 31.9 Å². The van der Waals surface area contributed by atoms with Crippen molar-refractivity contribution in [3.05, 3.63) is 26.9 Å². The predicted molar refractivity (Wildman–Crippen MR) is 58.7 cm³/mol. The zero-order valence-electron chi connectivity index (χ0n) is 7.62. The lowest BCUT2D eigenvalue weighted by Crippen LogP contribution is -2.25. The number of rotatable bonds is 2. The van der Waals surface area contributed by atoms with E-state index in [2.05, 4.69) is 36.8 Å². The first-order valence-electron chi connectivity index (χ1n) is 3.69. The van der Waals surface area contributed by atoms with Crippen LogP contribution in [-0.4, -0.2) is 30.1 Å². The van der Waals surface area contributed by atoms with Crippen LogP contribution in [0.4, 0.5) is 0 Å². The van der Waals surface area contributed by atoms with E-state index in [4.69, 9.17) is 4.84 Å². The maximum absolute atomic E-state index is 11.7. The molecule has 1 heterocycles. The van der Waals surface area contributed by atoms with Gasteiger partial charge in [-0.15, -0.1) is 0 Å². The second-order valence-corrected chi connectivity index (χ2v) is 4.14. The van der Waals surface area contributed by atoms with Crippen LogP contribution in [0.15, 0.2) is 21.3 Å². The summed E-state index contributed by atoms with van der Waals surface area (Å²) in [4.78, 5) is 20.4. The van der Waals surface area contributed by atoms with Crippen molar-refractivity contribution in [2.24, 2.45) is 0 Å². The van der Waals surface area contributed by atoms with Gasteiger partial charge in [-0.3, -0.25) is 9.63 Å². The number of halogens is 2. The monoisotopic (exact) mass is 322 g/mol. The molecule has 76 valence electrons. The van der Waals surface area contributed by atoms with Crippen molar-refractivity contribution in [1.82, 2.24) is 10.0 Å². The Morgan fingerprint density at radius 2 is 2.21 bits per heavy atom. The van der Waals surface area contributed by atoms with Crippen LogP contribution in [0, 0.1) is 0 Å². The van der Waals surface area contributed by atoms with Crippen molar-refractivity contribution in [3.63, 3.8) is 0 Å². The zero-order chi connectivity index (χ0) is 10.7. The Bertz CT molecular complexity index is 357. The fraction of sp³-hybridized carbons (Fsp3) is 0.250. The van der Waals surface area contributed by atoms with E-state index in [0.29, 0.717) is 10.2 Å². The first-order valence-corrected chi connectivity index (χ1v) is 5.28. The number of hydrogen-bond acceptors (Lipinski definition) is 3. The smallest absolute Gasteiger partial charge is 0.274 e. The van der Waals surface area contributed by atoms with Gasteiger partial charge in [0.1, 0.15) is 4.60 Å². The maximum atomic E-state index is 11.7. The molecule has 1 amide bonds. The minimum Gasteiger partial charge on any atom is -0.274 e. The summed E-state index contributed by atoms with van der Waals surface area (Å²) in [5.41, 5.74) is 0.448. The number of hydroxylamine groups is 2. The normalized spacial score (nSPS) is 10.0. The van der Waals surface area contributed by atoms with Crippen molar-refractivity contribution in [1.29, 1.82) is 0 Å². The molecule has 0 bridgehead atoms. The number of nitrogens with zero attached hydrogens (tertiary/aromatic N) is 2. The van der Waals surface area contributed by atoms with E-state index >= 15 is 0 Å². The molecule has 0 atom stereocenters. The van der Waals surface area contributed by atoms with E-state index in [-0.39, 0.29) is 5.91 Å². The number of carbonyl (C=O) groups is 1. The third-order valence-corrected chi connectivity index (χ3v) is 2.66. The number of amides is 1. The molecule has 0 fully saturated rings. The highest BCUT2D eigenvalue weighted by molar-refractivity contribution is 9.11. The molecule has 0 aliphatic carbocycles. The summed E-state index contributed by atoms with van der Waals surface area (Å²) in [6.45, 7) is 0. The Kier molecular flexibility index (Phi) is 4.03. The predicted octanol–water partition coefficient (Wildman–Crippen LogP) is 2.24. The molecule has 0 unspecified atom stereocenters. The van der Waals surface area contributed by atoms with Crippen molar-refractivity contribution in [3.8, 4) is 0 Å². The van der Waals surface area contributed by atoms with Crippen molar-refractivity contribution >= 4 is 37.8 Å². The van der Waals surface area contributed by atoms with Gasteiger partial charge in [0.15, 0.2) is 0 Å². The Morgan fingerprint density at radius 3 is 2.79 bits per heavy atom. The molecule has 0 N–H and O–H groups in total. The molecule has 0 spiro atoms. The molecule has 14 heavy (non-hydrogen) atoms. The van der Waals surface area contributed by atoms with Crippen LogP contribution in [0.5, 0.6) is 0 Å². The first-order chi connectivity index (χ1) is 6.56. The van der Waals surface area contributed by atoms with Gasteiger partial charge >= 0.3 is 0 Å². The number of carbonyl (C=O) groups excluding carboxylic acids is 1. The van der Waals surface area contributed by atoms with E-state index in [1.165, 1.54) is 14.2 Å². The molecule has 4 nitrogen and oxygen atoms in total. The Morgan fingerprint density at radius 1 is 1.57 bits per heavy atom. The Balaban J connectivity index is 3.06. The quantitative estimate of drug-likeness (QED) is 0.619. The third-order valence-electron chi connectivity index (χ3n) is 1.60. The summed E-state index contributed by atoms with van der Waals surface area (Å²) >= 11 is 6.43. The van der Waals surface area contributed by atoms with E-state index in [1.807, 2.05) is 0 Å². The summed E-state index contributed by atoms with van der Waals surface area (Å²) in [5.74, 6) is -0.256. The van der Waals surface area contributed by atoms with Crippen LogP contribution in [0.1, 0.15) is 10.4 Å². The molecule has 0 aliphatic rings. The first kappa shape index (κ1) is 11.6. The van der Waals surface area contributed by atoms with Gasteiger partial charge in [-0.25, -0.2) is 10.0 Å². The topological polar surface area (TPSA) is 42.4 Å². The number of aromatic nitrogens is 1. The van der Waals surface area contributed by atoms with Gasteiger partial charge in [0.2, 0.25) is 0 Å². The largest absolute Gasteiger partial charge is 0.279 e. The minimum absolute atomic E-state index is 0.256. The second-order valence-electron chi connectivity index (χ2n) is 2.48. The summed E-state index contributed by atoms with van der Waals surface area (Å²) in [5, 5.41) is 1.13. The highest BCUT2D eigenvalue weighted by atomic mass is 79.9. The lowest BCUT2D eigenvalue weighted by Gasteiger charge is -2.14. The molecule has 0 radical (unpaired) electrons. The SMILES string of the molecule is CON(C)C(=O)c1cc(Br)cnc1Br. The molecule has 1 aromatic rings. The van der Waals surface area contributed by atoms with Crippen LogP contribution < -0.4 is 0 Å². The van der Waals surface area contributed by atoms with Gasteiger partial charge in [-0.1, -0.05) is 0 Å². The van der Waals surface area contributed by atoms with Crippen molar-refractivity contribution < 1.29 is 9.63 Å². The highest BCUT2D eigenvalue weighted by Crippen LogP contribution is 2.19. The third kappa shape index (κ3) is 2.52. The molecule has 0 aromatic carbocycles. The highest BCUT2D eigenvalue weighted by Gasteiger charge is 2.15. The fourth-order valence-electron chi connectivity index (χ4n) is 0.825. The van der Waals surface area contributed by atoms with Crippen molar-refractivity contribution in [2.45, 2.75) is 0 Å². The van der Waals surface area contributed by atoms with Crippen LogP contribution in [-0.2, 0) is 4.84 Å². The number of pyridine rings is 1.